The molecule has 7 rings (SSSR count). The molecule has 0 amide bonds. The van der Waals surface area contributed by atoms with Crippen molar-refractivity contribution in [3.8, 4) is 45.9 Å². The van der Waals surface area contributed by atoms with E-state index in [-0.39, 0.29) is 48.0 Å². The van der Waals surface area contributed by atoms with E-state index in [4.69, 9.17) is 43.2 Å². The Labute approximate surface area is 453 Å². The lowest BCUT2D eigenvalue weighted by molar-refractivity contribution is -0.138. The van der Waals surface area contributed by atoms with Crippen molar-refractivity contribution in [2.24, 2.45) is 0 Å². The molecule has 400 valence electrons. The first-order valence-electron chi connectivity index (χ1n) is 26.0. The van der Waals surface area contributed by atoms with Crippen LogP contribution in [0, 0.1) is 11.3 Å². The molecule has 14 nitrogen and oxygen atoms in total. The maximum absolute atomic E-state index is 13.8. The molecule has 0 unspecified atom stereocenters. The van der Waals surface area contributed by atoms with E-state index < -0.39 is 29.8 Å². The van der Waals surface area contributed by atoms with Crippen LogP contribution >= 0.6 is 0 Å². The van der Waals surface area contributed by atoms with Gasteiger partial charge < -0.3 is 37.9 Å². The minimum absolute atomic E-state index is 0.0391. The summed E-state index contributed by atoms with van der Waals surface area (Å²) in [7, 11) is 0. The van der Waals surface area contributed by atoms with Crippen molar-refractivity contribution < 1.29 is 61.9 Å². The fourth-order valence-electron chi connectivity index (χ4n) is 8.17. The molecular formula is C64H61NO13. The smallest absolute Gasteiger partial charge is 0.343 e. The number of hydrogen-bond acceptors (Lipinski definition) is 14. The third-order valence-electron chi connectivity index (χ3n) is 12.4. The van der Waals surface area contributed by atoms with E-state index >= 15 is 0 Å². The number of benzene rings is 7. The maximum Gasteiger partial charge on any atom is 0.343 e. The zero-order chi connectivity index (χ0) is 54.9. The highest BCUT2D eigenvalue weighted by atomic mass is 16.6. The summed E-state index contributed by atoms with van der Waals surface area (Å²) >= 11 is 0. The number of nitriles is 1. The van der Waals surface area contributed by atoms with Gasteiger partial charge in [-0.25, -0.2) is 24.0 Å². The summed E-state index contributed by atoms with van der Waals surface area (Å²) in [6.07, 6.45) is 10.9. The number of nitrogens with zero attached hydrogens (tertiary/aromatic N) is 1. The Morgan fingerprint density at radius 1 is 0.397 bits per heavy atom. The van der Waals surface area contributed by atoms with Gasteiger partial charge in [0.15, 0.2) is 0 Å². The third-order valence-corrected chi connectivity index (χ3v) is 12.4. The second kappa shape index (κ2) is 29.8. The highest BCUT2D eigenvalue weighted by Gasteiger charge is 2.21. The van der Waals surface area contributed by atoms with Gasteiger partial charge in [0.1, 0.15) is 34.3 Å². The van der Waals surface area contributed by atoms with Crippen molar-refractivity contribution in [2.45, 2.75) is 64.2 Å². The second-order valence-electron chi connectivity index (χ2n) is 18.1. The summed E-state index contributed by atoms with van der Waals surface area (Å²) in [5, 5.41) is 12.2. The standard InChI is InChI=1S/C64H61NO13/c1-3-60(66)74-37-13-35-72-55-29-25-48-39-52(21-19-50(48)41-55)62(68)77-57-31-32-59(78-63(69)53-22-20-51-42-56(30-26-49(51)40-53)73-36-14-38-75-61(67)4-2)58(43-57)64(70)76-34-12-10-8-6-5-7-9-11-33-71-54-27-23-47(24-28-54)46-17-15-45(44-65)16-18-46/h3-4,15-32,39-43H,1-2,5-14,33-38H2. The van der Waals surface area contributed by atoms with Crippen LogP contribution in [-0.4, -0.2) is 69.5 Å². The van der Waals surface area contributed by atoms with Gasteiger partial charge in [0.2, 0.25) is 0 Å². The van der Waals surface area contributed by atoms with Crippen molar-refractivity contribution >= 4 is 51.4 Å². The minimum atomic E-state index is -0.744. The van der Waals surface area contributed by atoms with Gasteiger partial charge in [0.25, 0.3) is 0 Å². The summed E-state index contributed by atoms with van der Waals surface area (Å²) < 4.78 is 44.9. The lowest BCUT2D eigenvalue weighted by Crippen LogP contribution is -2.14. The van der Waals surface area contributed by atoms with Gasteiger partial charge in [-0.05, 0) is 137 Å². The molecule has 0 atom stereocenters. The molecule has 0 aliphatic heterocycles. The number of carbonyl (C=O) groups is 5. The van der Waals surface area contributed by atoms with Crippen molar-refractivity contribution in [2.75, 3.05) is 39.6 Å². The first kappa shape index (κ1) is 56.5. The average Bonchev–Trinajstić information content (AvgIpc) is 3.49. The van der Waals surface area contributed by atoms with E-state index in [1.807, 2.05) is 72.8 Å². The molecule has 0 aliphatic rings. The molecule has 0 saturated carbocycles. The highest BCUT2D eigenvalue weighted by molar-refractivity contribution is 6.00. The van der Waals surface area contributed by atoms with E-state index in [2.05, 4.69) is 19.2 Å². The maximum atomic E-state index is 13.8. The number of carbonyl (C=O) groups excluding carboxylic acids is 5. The molecular weight excluding hydrogens is 991 g/mol. The van der Waals surface area contributed by atoms with Crippen LogP contribution in [0.25, 0.3) is 32.7 Å². The summed E-state index contributed by atoms with van der Waals surface area (Å²) in [6.45, 7) is 8.59. The van der Waals surface area contributed by atoms with Gasteiger partial charge in [-0.2, -0.15) is 5.26 Å². The van der Waals surface area contributed by atoms with Crippen LogP contribution in [0.3, 0.4) is 0 Å². The molecule has 0 spiro atoms. The van der Waals surface area contributed by atoms with Crippen LogP contribution in [0.5, 0.6) is 28.7 Å². The molecule has 0 N–H and O–H groups in total. The Kier molecular flexibility index (Phi) is 21.6. The number of fused-ring (bicyclic) bond motifs is 2. The van der Waals surface area contributed by atoms with E-state index in [1.54, 1.807) is 48.5 Å². The fraction of sp³-hybridized carbons (Fsp3) is 0.250. The van der Waals surface area contributed by atoms with E-state index in [0.29, 0.717) is 56.1 Å². The van der Waals surface area contributed by atoms with Crippen LogP contribution < -0.4 is 23.7 Å². The number of ether oxygens (including phenoxy) is 8. The molecule has 0 saturated heterocycles. The monoisotopic (exact) mass is 1050 g/mol. The van der Waals surface area contributed by atoms with Crippen LogP contribution in [0.1, 0.15) is 101 Å². The molecule has 78 heavy (non-hydrogen) atoms. The lowest BCUT2D eigenvalue weighted by Gasteiger charge is -2.13. The van der Waals surface area contributed by atoms with Crippen LogP contribution in [-0.2, 0) is 23.8 Å². The largest absolute Gasteiger partial charge is 0.494 e. The number of hydrogen-bond donors (Lipinski definition) is 0. The Morgan fingerprint density at radius 3 is 1.36 bits per heavy atom. The normalized spacial score (nSPS) is 10.7. The quantitative estimate of drug-likeness (QED) is 0.0136. The Hall–Kier alpha value is -9.22. The zero-order valence-electron chi connectivity index (χ0n) is 43.4. The predicted octanol–water partition coefficient (Wildman–Crippen LogP) is 13.3. The summed E-state index contributed by atoms with van der Waals surface area (Å²) in [6, 6.07) is 42.7. The van der Waals surface area contributed by atoms with Crippen molar-refractivity contribution in [3.05, 3.63) is 187 Å². The lowest BCUT2D eigenvalue weighted by atomic mass is 10.0. The van der Waals surface area contributed by atoms with Crippen LogP contribution in [0.2, 0.25) is 0 Å². The molecule has 14 heteroatoms. The van der Waals surface area contributed by atoms with Gasteiger partial charge in [0.05, 0.1) is 62.4 Å². The second-order valence-corrected chi connectivity index (χ2v) is 18.1. The Bertz CT molecular complexity index is 3250. The number of unbranched alkanes of at least 4 members (excludes halogenated alkanes) is 7. The number of rotatable bonds is 30. The van der Waals surface area contributed by atoms with Gasteiger partial charge in [-0.3, -0.25) is 0 Å². The van der Waals surface area contributed by atoms with Gasteiger partial charge >= 0.3 is 29.8 Å². The Balaban J connectivity index is 0.903. The third kappa shape index (κ3) is 17.4. The minimum Gasteiger partial charge on any atom is -0.494 e. The molecule has 0 radical (unpaired) electrons. The molecule has 7 aromatic carbocycles. The summed E-state index contributed by atoms with van der Waals surface area (Å²) in [5.41, 5.74) is 3.14. The van der Waals surface area contributed by atoms with E-state index in [0.717, 1.165) is 95.5 Å². The van der Waals surface area contributed by atoms with Gasteiger partial charge in [0, 0.05) is 25.0 Å². The van der Waals surface area contributed by atoms with Crippen molar-refractivity contribution in [1.29, 1.82) is 5.26 Å². The topological polar surface area (TPSA) is 183 Å². The van der Waals surface area contributed by atoms with Crippen LogP contribution in [0.4, 0.5) is 0 Å². The van der Waals surface area contributed by atoms with E-state index in [9.17, 15) is 24.0 Å². The number of esters is 5. The van der Waals surface area contributed by atoms with Crippen LogP contribution in [0.15, 0.2) is 165 Å². The first-order chi connectivity index (χ1) is 38.1. The predicted molar refractivity (Wildman–Crippen MR) is 296 cm³/mol. The summed E-state index contributed by atoms with van der Waals surface area (Å²) in [4.78, 5) is 63.5. The SMILES string of the molecule is C=CC(=O)OCCCOc1ccc2cc(C(=O)Oc3ccc(OC(=O)c4ccc5cc(OCCCOC(=O)C=C)ccc5c4)c(C(=O)OCCCCCCCCCCOc4ccc(-c5ccc(C#N)cc5)cc4)c3)ccc2c1. The molecule has 0 aromatic heterocycles. The summed E-state index contributed by atoms with van der Waals surface area (Å²) in [5.74, 6) is -1.12. The molecule has 0 fully saturated rings. The molecule has 0 heterocycles. The first-order valence-corrected chi connectivity index (χ1v) is 26.0. The van der Waals surface area contributed by atoms with E-state index in [1.165, 1.54) is 18.2 Å². The Morgan fingerprint density at radius 2 is 0.821 bits per heavy atom. The van der Waals surface area contributed by atoms with Crippen molar-refractivity contribution in [3.63, 3.8) is 0 Å². The van der Waals surface area contributed by atoms with Gasteiger partial charge in [-0.15, -0.1) is 0 Å². The average molecular weight is 1050 g/mol. The fourth-order valence-corrected chi connectivity index (χ4v) is 8.17. The van der Waals surface area contributed by atoms with Crippen molar-refractivity contribution in [1.82, 2.24) is 0 Å². The molecule has 0 bridgehead atoms. The molecule has 0 aliphatic carbocycles. The van der Waals surface area contributed by atoms with Gasteiger partial charge in [-0.1, -0.05) is 100 Å². The molecule has 7 aromatic rings. The zero-order valence-corrected chi connectivity index (χ0v) is 43.4. The highest BCUT2D eigenvalue weighted by Crippen LogP contribution is 2.30.